The average molecular weight is 506 g/mol. The Balaban J connectivity index is 1.94. The van der Waals surface area contributed by atoms with Gasteiger partial charge in [0.25, 0.3) is 5.56 Å². The molecule has 0 unspecified atom stereocenters. The number of pyridine rings is 1. The lowest BCUT2D eigenvalue weighted by Gasteiger charge is -2.25. The predicted octanol–water partition coefficient (Wildman–Crippen LogP) is 3.16. The number of hydrogen-bond acceptors (Lipinski definition) is 8. The Hall–Kier alpha value is -3.98. The summed E-state index contributed by atoms with van der Waals surface area (Å²) >= 11 is 1.25. The van der Waals surface area contributed by atoms with Gasteiger partial charge in [-0.15, -0.1) is 0 Å². The molecular weight excluding hydrogens is 478 g/mol. The van der Waals surface area contributed by atoms with Gasteiger partial charge in [0.15, 0.2) is 16.3 Å². The molecule has 3 aromatic rings. The number of allylic oxidation sites excluding steroid dienone is 1. The van der Waals surface area contributed by atoms with Gasteiger partial charge in [-0.2, -0.15) is 0 Å². The Morgan fingerprint density at radius 3 is 2.69 bits per heavy atom. The van der Waals surface area contributed by atoms with Crippen LogP contribution in [-0.4, -0.2) is 35.3 Å². The second-order valence-corrected chi connectivity index (χ2v) is 8.80. The summed E-state index contributed by atoms with van der Waals surface area (Å²) in [5.74, 6) is 0.527. The van der Waals surface area contributed by atoms with E-state index in [0.717, 1.165) is 0 Å². The maximum absolute atomic E-state index is 13.7. The minimum absolute atomic E-state index is 0.199. The van der Waals surface area contributed by atoms with E-state index in [1.54, 1.807) is 44.3 Å². The number of aromatic nitrogens is 2. The molecule has 0 N–H and O–H groups in total. The van der Waals surface area contributed by atoms with E-state index < -0.39 is 12.0 Å². The minimum Gasteiger partial charge on any atom is -0.490 e. The molecule has 4 rings (SSSR count). The fourth-order valence-corrected chi connectivity index (χ4v) is 4.96. The number of carbonyl (C=O) groups is 1. The third kappa shape index (κ3) is 5.01. The Labute approximate surface area is 212 Å². The van der Waals surface area contributed by atoms with Crippen LogP contribution in [0.2, 0.25) is 0 Å². The quantitative estimate of drug-likeness (QED) is 0.328. The van der Waals surface area contributed by atoms with E-state index in [0.29, 0.717) is 56.6 Å². The van der Waals surface area contributed by atoms with Crippen molar-refractivity contribution in [2.45, 2.75) is 26.8 Å². The third-order valence-corrected chi connectivity index (χ3v) is 6.41. The largest absolute Gasteiger partial charge is 0.490 e. The van der Waals surface area contributed by atoms with Gasteiger partial charge in [0, 0.05) is 6.20 Å². The van der Waals surface area contributed by atoms with Crippen LogP contribution in [0.15, 0.2) is 76.3 Å². The number of benzene rings is 1. The Morgan fingerprint density at radius 1 is 1.17 bits per heavy atom. The van der Waals surface area contributed by atoms with Crippen molar-refractivity contribution in [3.63, 3.8) is 0 Å². The molecule has 0 aliphatic carbocycles. The van der Waals surface area contributed by atoms with Crippen LogP contribution in [0.1, 0.15) is 38.1 Å². The minimum atomic E-state index is -0.751. The van der Waals surface area contributed by atoms with Crippen molar-refractivity contribution in [3.05, 3.63) is 97.5 Å². The van der Waals surface area contributed by atoms with Crippen molar-refractivity contribution >= 4 is 23.4 Å². The monoisotopic (exact) mass is 505 g/mol. The highest BCUT2D eigenvalue weighted by molar-refractivity contribution is 7.07. The lowest BCUT2D eigenvalue weighted by molar-refractivity contribution is -0.139. The number of carbonyl (C=O) groups excluding carboxylic acids is 1. The summed E-state index contributed by atoms with van der Waals surface area (Å²) < 4.78 is 18.9. The summed E-state index contributed by atoms with van der Waals surface area (Å²) in [6, 6.07) is 10.1. The van der Waals surface area contributed by atoms with Crippen molar-refractivity contribution in [3.8, 4) is 11.5 Å². The van der Waals surface area contributed by atoms with Gasteiger partial charge < -0.3 is 14.2 Å². The molecule has 3 heterocycles. The van der Waals surface area contributed by atoms with Gasteiger partial charge in [0.1, 0.15) is 6.61 Å². The first-order valence-corrected chi connectivity index (χ1v) is 12.4. The Morgan fingerprint density at radius 2 is 2.00 bits per heavy atom. The van der Waals surface area contributed by atoms with Gasteiger partial charge in [-0.1, -0.05) is 36.1 Å². The first-order chi connectivity index (χ1) is 17.5. The lowest BCUT2D eigenvalue weighted by Crippen LogP contribution is -2.40. The van der Waals surface area contributed by atoms with E-state index in [-0.39, 0.29) is 12.2 Å². The first kappa shape index (κ1) is 25.1. The summed E-state index contributed by atoms with van der Waals surface area (Å²) in [5.41, 5.74) is 1.86. The van der Waals surface area contributed by atoms with E-state index in [1.165, 1.54) is 15.9 Å². The van der Waals surface area contributed by atoms with Gasteiger partial charge >= 0.3 is 5.97 Å². The number of hydrogen-bond donors (Lipinski definition) is 0. The second kappa shape index (κ2) is 11.2. The smallest absolute Gasteiger partial charge is 0.338 e. The van der Waals surface area contributed by atoms with Gasteiger partial charge in [-0.25, -0.2) is 9.79 Å². The van der Waals surface area contributed by atoms with Crippen LogP contribution in [0.5, 0.6) is 11.5 Å². The molecule has 0 fully saturated rings. The standard InChI is InChI=1S/C27H27N3O5S/c1-5-14-35-20-12-11-18(15-21(20)33-6-2)24-23(26(32)34-7-3)17(4)29-27-30(24)25(31)22(36-27)16-19-10-8-9-13-28-19/h5,8-13,15-16,24H,1,6-7,14H2,2-4H3/b22-16+/t24-/m0/s1. The fraction of sp³-hybridized carbons (Fsp3) is 0.259. The summed E-state index contributed by atoms with van der Waals surface area (Å²) in [7, 11) is 0. The Bertz CT molecular complexity index is 1490. The van der Waals surface area contributed by atoms with Crippen molar-refractivity contribution < 1.29 is 19.0 Å². The van der Waals surface area contributed by atoms with E-state index in [4.69, 9.17) is 14.2 Å². The molecule has 1 atom stereocenters. The predicted molar refractivity (Wildman–Crippen MR) is 138 cm³/mol. The molecule has 0 amide bonds. The lowest BCUT2D eigenvalue weighted by atomic mass is 9.95. The first-order valence-electron chi connectivity index (χ1n) is 11.6. The normalized spacial score (nSPS) is 15.2. The summed E-state index contributed by atoms with van der Waals surface area (Å²) in [5, 5.41) is 0. The van der Waals surface area contributed by atoms with Crippen LogP contribution in [0.4, 0.5) is 0 Å². The molecule has 186 valence electrons. The van der Waals surface area contributed by atoms with Gasteiger partial charge in [-0.3, -0.25) is 14.3 Å². The fourth-order valence-electron chi connectivity index (χ4n) is 3.93. The summed E-state index contributed by atoms with van der Waals surface area (Å²) in [4.78, 5) is 36.1. The number of esters is 1. The number of fused-ring (bicyclic) bond motifs is 1. The maximum atomic E-state index is 13.7. The van der Waals surface area contributed by atoms with Crippen LogP contribution in [0.25, 0.3) is 6.08 Å². The van der Waals surface area contributed by atoms with Crippen molar-refractivity contribution in [2.75, 3.05) is 19.8 Å². The number of rotatable bonds is 9. The molecular formula is C27H27N3O5S. The number of ether oxygens (including phenoxy) is 3. The van der Waals surface area contributed by atoms with Crippen LogP contribution in [-0.2, 0) is 9.53 Å². The van der Waals surface area contributed by atoms with Crippen LogP contribution >= 0.6 is 11.3 Å². The molecule has 0 saturated heterocycles. The molecule has 9 heteroatoms. The molecule has 0 spiro atoms. The van der Waals surface area contributed by atoms with Crippen LogP contribution in [0, 0.1) is 0 Å². The highest BCUT2D eigenvalue weighted by atomic mass is 32.1. The topological polar surface area (TPSA) is 92.0 Å². The van der Waals surface area contributed by atoms with E-state index >= 15 is 0 Å². The molecule has 2 aromatic heterocycles. The van der Waals surface area contributed by atoms with Crippen molar-refractivity contribution in [2.24, 2.45) is 4.99 Å². The number of nitrogens with zero attached hydrogens (tertiary/aromatic N) is 3. The highest BCUT2D eigenvalue weighted by Crippen LogP contribution is 2.36. The van der Waals surface area contributed by atoms with Gasteiger partial charge in [0.05, 0.1) is 40.8 Å². The van der Waals surface area contributed by atoms with Gasteiger partial charge in [0.2, 0.25) is 0 Å². The second-order valence-electron chi connectivity index (χ2n) is 7.80. The zero-order valence-electron chi connectivity index (χ0n) is 20.4. The SMILES string of the molecule is C=CCOc1ccc([C@H]2C(C(=O)OCC)=C(C)N=c3s/c(=C/c4ccccn4)c(=O)n32)cc1OCC. The zero-order valence-corrected chi connectivity index (χ0v) is 21.2. The molecule has 0 saturated carbocycles. The van der Waals surface area contributed by atoms with Gasteiger partial charge in [-0.05, 0) is 56.7 Å². The number of thiazole rings is 1. The molecule has 0 bridgehead atoms. The third-order valence-electron chi connectivity index (χ3n) is 5.42. The van der Waals surface area contributed by atoms with E-state index in [9.17, 15) is 9.59 Å². The zero-order chi connectivity index (χ0) is 25.7. The van der Waals surface area contributed by atoms with Crippen molar-refractivity contribution in [1.82, 2.24) is 9.55 Å². The van der Waals surface area contributed by atoms with E-state index in [2.05, 4.69) is 16.6 Å². The molecule has 8 nitrogen and oxygen atoms in total. The molecule has 36 heavy (non-hydrogen) atoms. The van der Waals surface area contributed by atoms with Crippen molar-refractivity contribution in [1.29, 1.82) is 0 Å². The van der Waals surface area contributed by atoms with E-state index in [1.807, 2.05) is 31.2 Å². The average Bonchev–Trinajstić information content (AvgIpc) is 3.17. The summed E-state index contributed by atoms with van der Waals surface area (Å²) in [6.45, 7) is 9.98. The highest BCUT2D eigenvalue weighted by Gasteiger charge is 2.34. The maximum Gasteiger partial charge on any atom is 0.338 e. The molecule has 0 radical (unpaired) electrons. The van der Waals surface area contributed by atoms with Crippen LogP contribution < -0.4 is 24.4 Å². The molecule has 1 aliphatic heterocycles. The molecule has 1 aliphatic rings. The Kier molecular flexibility index (Phi) is 7.80. The summed E-state index contributed by atoms with van der Waals surface area (Å²) in [6.07, 6.45) is 5.04. The van der Waals surface area contributed by atoms with Crippen LogP contribution in [0.3, 0.4) is 0 Å². The molecule has 1 aromatic carbocycles.